The van der Waals surface area contributed by atoms with Crippen LogP contribution in [-0.4, -0.2) is 17.3 Å². The molecule has 12 heavy (non-hydrogen) atoms. The van der Waals surface area contributed by atoms with Crippen molar-refractivity contribution in [2.24, 2.45) is 11.8 Å². The fourth-order valence-corrected chi connectivity index (χ4v) is 1.52. The Morgan fingerprint density at radius 2 is 2.17 bits per heavy atom. The van der Waals surface area contributed by atoms with Crippen molar-refractivity contribution in [3.05, 3.63) is 0 Å². The minimum absolute atomic E-state index is 0.0541. The van der Waals surface area contributed by atoms with E-state index in [1.807, 2.05) is 20.8 Å². The second-order valence-corrected chi connectivity index (χ2v) is 4.68. The van der Waals surface area contributed by atoms with Crippen molar-refractivity contribution in [2.45, 2.75) is 32.8 Å². The number of carbonyl (C=O) groups excluding carboxylic acids is 1. The van der Waals surface area contributed by atoms with Crippen molar-refractivity contribution in [1.82, 2.24) is 0 Å². The highest BCUT2D eigenvalue weighted by Gasteiger charge is 2.44. The Morgan fingerprint density at radius 1 is 1.58 bits per heavy atom. The fraction of sp³-hybridized carbons (Fsp3) is 0.889. The molecule has 0 bridgehead atoms. The Kier molecular flexibility index (Phi) is 2.71. The van der Waals surface area contributed by atoms with Gasteiger partial charge in [0.2, 0.25) is 0 Å². The lowest BCUT2D eigenvalue weighted by Crippen LogP contribution is -2.25. The van der Waals surface area contributed by atoms with E-state index in [1.54, 1.807) is 0 Å². The van der Waals surface area contributed by atoms with Gasteiger partial charge in [0.05, 0.1) is 5.92 Å². The van der Waals surface area contributed by atoms with Crippen molar-refractivity contribution in [3.63, 3.8) is 0 Å². The summed E-state index contributed by atoms with van der Waals surface area (Å²) in [6, 6.07) is 0. The van der Waals surface area contributed by atoms with E-state index in [2.05, 4.69) is 12.6 Å². The van der Waals surface area contributed by atoms with Crippen molar-refractivity contribution >= 4 is 18.6 Å². The summed E-state index contributed by atoms with van der Waals surface area (Å²) in [6.45, 7) is 5.68. The van der Waals surface area contributed by atoms with Gasteiger partial charge >= 0.3 is 5.97 Å². The predicted octanol–water partition coefficient (Wildman–Crippen LogP) is 1.89. The average molecular weight is 188 g/mol. The summed E-state index contributed by atoms with van der Waals surface area (Å²) in [7, 11) is 0. The summed E-state index contributed by atoms with van der Waals surface area (Å²) in [5.41, 5.74) is -0.346. The van der Waals surface area contributed by atoms with Crippen LogP contribution in [0, 0.1) is 11.8 Å². The lowest BCUT2D eigenvalue weighted by atomic mass is 10.2. The molecule has 0 amide bonds. The molecule has 1 rings (SSSR count). The third kappa shape index (κ3) is 2.70. The van der Waals surface area contributed by atoms with Gasteiger partial charge in [-0.2, -0.15) is 12.6 Å². The summed E-state index contributed by atoms with van der Waals surface area (Å²) in [6.07, 6.45) is 0.957. The molecule has 0 spiro atoms. The Balaban J connectivity index is 2.32. The lowest BCUT2D eigenvalue weighted by molar-refractivity contribution is -0.156. The van der Waals surface area contributed by atoms with Crippen LogP contribution in [0.5, 0.6) is 0 Å². The first kappa shape index (κ1) is 9.90. The Bertz CT molecular complexity index is 183. The molecule has 2 unspecified atom stereocenters. The summed E-state index contributed by atoms with van der Waals surface area (Å²) >= 11 is 4.14. The highest BCUT2D eigenvalue weighted by molar-refractivity contribution is 7.80. The van der Waals surface area contributed by atoms with Gasteiger partial charge in [0.15, 0.2) is 0 Å². The number of rotatable bonds is 2. The molecule has 0 aromatic rings. The van der Waals surface area contributed by atoms with Crippen LogP contribution in [0.25, 0.3) is 0 Å². The van der Waals surface area contributed by atoms with Crippen LogP contribution in [-0.2, 0) is 9.53 Å². The molecular formula is C9H16O2S. The van der Waals surface area contributed by atoms with Gasteiger partial charge in [-0.15, -0.1) is 0 Å². The van der Waals surface area contributed by atoms with Gasteiger partial charge in [-0.05, 0) is 38.9 Å². The van der Waals surface area contributed by atoms with E-state index in [-0.39, 0.29) is 17.5 Å². The molecule has 2 nitrogen and oxygen atoms in total. The SMILES string of the molecule is CC(C)(C)OC(=O)C1CC1CS. The average Bonchev–Trinajstić information content (AvgIpc) is 2.60. The molecule has 0 radical (unpaired) electrons. The molecule has 0 aromatic heterocycles. The first-order valence-electron chi connectivity index (χ1n) is 4.28. The molecule has 1 fully saturated rings. The zero-order valence-electron chi connectivity index (χ0n) is 7.83. The number of esters is 1. The molecule has 0 aliphatic heterocycles. The largest absolute Gasteiger partial charge is 0.460 e. The first-order chi connectivity index (χ1) is 5.44. The van der Waals surface area contributed by atoms with Crippen LogP contribution in [0.1, 0.15) is 27.2 Å². The van der Waals surface area contributed by atoms with Gasteiger partial charge in [0, 0.05) is 0 Å². The zero-order valence-corrected chi connectivity index (χ0v) is 8.73. The molecule has 0 aromatic carbocycles. The minimum atomic E-state index is -0.346. The summed E-state index contributed by atoms with van der Waals surface area (Å²) in [5, 5.41) is 0. The van der Waals surface area contributed by atoms with Crippen LogP contribution in [0.4, 0.5) is 0 Å². The van der Waals surface area contributed by atoms with E-state index in [4.69, 9.17) is 4.74 Å². The smallest absolute Gasteiger partial charge is 0.309 e. The third-order valence-electron chi connectivity index (χ3n) is 1.87. The third-order valence-corrected chi connectivity index (χ3v) is 2.34. The quantitative estimate of drug-likeness (QED) is 0.529. The number of hydrogen-bond acceptors (Lipinski definition) is 3. The number of carbonyl (C=O) groups is 1. The number of hydrogen-bond donors (Lipinski definition) is 1. The summed E-state index contributed by atoms with van der Waals surface area (Å²) in [5.74, 6) is 1.33. The van der Waals surface area contributed by atoms with E-state index in [1.165, 1.54) is 0 Å². The predicted molar refractivity (Wildman–Crippen MR) is 51.3 cm³/mol. The molecule has 1 aliphatic carbocycles. The number of ether oxygens (including phenoxy) is 1. The standard InChI is InChI=1S/C9H16O2S/c1-9(2,3)11-8(10)7-4-6(7)5-12/h6-7,12H,4-5H2,1-3H3. The van der Waals surface area contributed by atoms with Crippen molar-refractivity contribution in [3.8, 4) is 0 Å². The Hall–Kier alpha value is -0.180. The molecule has 0 saturated heterocycles. The topological polar surface area (TPSA) is 26.3 Å². The highest BCUT2D eigenvalue weighted by atomic mass is 32.1. The molecule has 0 heterocycles. The van der Waals surface area contributed by atoms with Gasteiger partial charge in [-0.25, -0.2) is 0 Å². The van der Waals surface area contributed by atoms with Gasteiger partial charge in [-0.3, -0.25) is 4.79 Å². The van der Waals surface area contributed by atoms with Gasteiger partial charge in [0.25, 0.3) is 0 Å². The Labute approximate surface area is 79.1 Å². The van der Waals surface area contributed by atoms with Crippen LogP contribution in [0.2, 0.25) is 0 Å². The molecule has 1 saturated carbocycles. The van der Waals surface area contributed by atoms with E-state index < -0.39 is 0 Å². The van der Waals surface area contributed by atoms with Crippen molar-refractivity contribution in [1.29, 1.82) is 0 Å². The summed E-state index contributed by atoms with van der Waals surface area (Å²) < 4.78 is 5.22. The van der Waals surface area contributed by atoms with Gasteiger partial charge in [-0.1, -0.05) is 0 Å². The zero-order chi connectivity index (χ0) is 9.35. The van der Waals surface area contributed by atoms with Crippen LogP contribution < -0.4 is 0 Å². The maximum absolute atomic E-state index is 11.3. The van der Waals surface area contributed by atoms with Crippen LogP contribution in [0.15, 0.2) is 0 Å². The van der Waals surface area contributed by atoms with Crippen LogP contribution in [0.3, 0.4) is 0 Å². The second-order valence-electron chi connectivity index (χ2n) is 4.32. The normalized spacial score (nSPS) is 28.3. The molecule has 3 heteroatoms. The number of thiol groups is 1. The van der Waals surface area contributed by atoms with Crippen molar-refractivity contribution < 1.29 is 9.53 Å². The molecule has 1 aliphatic rings. The van der Waals surface area contributed by atoms with E-state index >= 15 is 0 Å². The lowest BCUT2D eigenvalue weighted by Gasteiger charge is -2.19. The second kappa shape index (κ2) is 3.29. The fourth-order valence-electron chi connectivity index (χ4n) is 1.12. The van der Waals surface area contributed by atoms with Crippen LogP contribution >= 0.6 is 12.6 Å². The molecule has 70 valence electrons. The minimum Gasteiger partial charge on any atom is -0.460 e. The maximum Gasteiger partial charge on any atom is 0.309 e. The van der Waals surface area contributed by atoms with E-state index in [0.717, 1.165) is 12.2 Å². The molecule has 2 atom stereocenters. The van der Waals surface area contributed by atoms with Gasteiger partial charge < -0.3 is 4.74 Å². The van der Waals surface area contributed by atoms with Crippen molar-refractivity contribution in [2.75, 3.05) is 5.75 Å². The highest BCUT2D eigenvalue weighted by Crippen LogP contribution is 2.40. The maximum atomic E-state index is 11.3. The van der Waals surface area contributed by atoms with Gasteiger partial charge in [0.1, 0.15) is 5.60 Å². The Morgan fingerprint density at radius 3 is 2.50 bits per heavy atom. The molecule has 0 N–H and O–H groups in total. The first-order valence-corrected chi connectivity index (χ1v) is 4.91. The summed E-state index contributed by atoms with van der Waals surface area (Å²) in [4.78, 5) is 11.3. The van der Waals surface area contributed by atoms with E-state index in [9.17, 15) is 4.79 Å². The monoisotopic (exact) mass is 188 g/mol. The van der Waals surface area contributed by atoms with E-state index in [0.29, 0.717) is 5.92 Å². The molecular weight excluding hydrogens is 172 g/mol.